The van der Waals surface area contributed by atoms with Crippen molar-refractivity contribution in [2.45, 2.75) is 49.0 Å². The number of anilines is 1. The molecule has 34 heavy (non-hydrogen) atoms. The van der Waals surface area contributed by atoms with E-state index in [1.54, 1.807) is 15.6 Å². The molecule has 11 heteroatoms. The van der Waals surface area contributed by atoms with Crippen molar-refractivity contribution in [2.24, 2.45) is 17.8 Å². The van der Waals surface area contributed by atoms with Gasteiger partial charge in [-0.1, -0.05) is 11.3 Å². The number of nitrogens with zero attached hydrogens (tertiary/aromatic N) is 2. The van der Waals surface area contributed by atoms with E-state index in [4.69, 9.17) is 14.2 Å². The number of amides is 1. The van der Waals surface area contributed by atoms with E-state index in [-0.39, 0.29) is 24.2 Å². The van der Waals surface area contributed by atoms with Gasteiger partial charge in [0, 0.05) is 41.8 Å². The standard InChI is InChI=1S/C23H29FN4O4S2/c24-12-28(34-15-4-5-18-19(9-15)33-22(27-18)26-14-2-3-14)7-1-6-25-23(29)32-20-13-8-16-17(20)11-31-21(16)30-10-13/h4-5,9,13-14,16-17,20-21H,1-3,6-8,10-12H2,(H,25,29)(H,26,27). The smallest absolute Gasteiger partial charge is 0.407 e. The number of aromatic nitrogens is 1. The maximum atomic E-state index is 13.6. The van der Waals surface area contributed by atoms with Crippen molar-refractivity contribution in [3.63, 3.8) is 0 Å². The lowest BCUT2D eigenvalue weighted by Gasteiger charge is -2.27. The predicted molar refractivity (Wildman–Crippen MR) is 128 cm³/mol. The first-order valence-electron chi connectivity index (χ1n) is 12.0. The first kappa shape index (κ1) is 22.8. The lowest BCUT2D eigenvalue weighted by Crippen LogP contribution is -2.37. The lowest BCUT2D eigenvalue weighted by atomic mass is 9.98. The first-order valence-corrected chi connectivity index (χ1v) is 13.6. The second-order valence-corrected chi connectivity index (χ2v) is 11.7. The van der Waals surface area contributed by atoms with Crippen LogP contribution in [0.25, 0.3) is 10.2 Å². The summed E-state index contributed by atoms with van der Waals surface area (Å²) < 4.78 is 33.5. The number of nitrogens with one attached hydrogen (secondary N) is 2. The highest BCUT2D eigenvalue weighted by atomic mass is 32.2. The monoisotopic (exact) mass is 508 g/mol. The molecule has 1 aromatic heterocycles. The highest BCUT2D eigenvalue weighted by Crippen LogP contribution is 2.49. The number of fused-ring (bicyclic) bond motifs is 2. The number of ether oxygens (including phenoxy) is 3. The molecule has 3 heterocycles. The molecule has 1 amide bonds. The minimum Gasteiger partial charge on any atom is -0.445 e. The summed E-state index contributed by atoms with van der Waals surface area (Å²) in [6.45, 7) is 1.55. The third kappa shape index (κ3) is 4.86. The van der Waals surface area contributed by atoms with Crippen LogP contribution in [0.2, 0.25) is 0 Å². The van der Waals surface area contributed by atoms with Crippen molar-refractivity contribution in [2.75, 3.05) is 38.4 Å². The van der Waals surface area contributed by atoms with Gasteiger partial charge in [0.2, 0.25) is 0 Å². The zero-order valence-corrected chi connectivity index (χ0v) is 20.4. The van der Waals surface area contributed by atoms with Gasteiger partial charge in [0.1, 0.15) is 6.10 Å². The number of carbonyl (C=O) groups excluding carboxylic acids is 1. The van der Waals surface area contributed by atoms with Crippen LogP contribution in [0.3, 0.4) is 0 Å². The molecule has 6 rings (SSSR count). The number of carbonyl (C=O) groups is 1. The fourth-order valence-corrected chi connectivity index (χ4v) is 7.09. The molecule has 2 aliphatic carbocycles. The summed E-state index contributed by atoms with van der Waals surface area (Å²) in [5.41, 5.74) is 0.962. The van der Waals surface area contributed by atoms with Crippen molar-refractivity contribution in [3.05, 3.63) is 18.2 Å². The highest BCUT2D eigenvalue weighted by molar-refractivity contribution is 7.97. The van der Waals surface area contributed by atoms with Crippen LogP contribution in [0.1, 0.15) is 25.7 Å². The summed E-state index contributed by atoms with van der Waals surface area (Å²) in [6, 6.07) is 6.59. The van der Waals surface area contributed by atoms with E-state index < -0.39 is 12.9 Å². The summed E-state index contributed by atoms with van der Waals surface area (Å²) >= 11 is 3.02. The first-order chi connectivity index (χ1) is 16.7. The summed E-state index contributed by atoms with van der Waals surface area (Å²) in [5.74, 6) is 0.839. The number of hydrogen-bond donors (Lipinski definition) is 2. The third-order valence-corrected chi connectivity index (χ3v) is 8.97. The number of rotatable bonds is 10. The van der Waals surface area contributed by atoms with Gasteiger partial charge < -0.3 is 24.8 Å². The van der Waals surface area contributed by atoms with Crippen LogP contribution in [-0.2, 0) is 14.2 Å². The molecule has 2 bridgehead atoms. The minimum absolute atomic E-state index is 0.125. The number of benzene rings is 1. The lowest BCUT2D eigenvalue weighted by molar-refractivity contribution is -0.169. The Morgan fingerprint density at radius 1 is 1.29 bits per heavy atom. The average Bonchev–Trinajstić information content (AvgIpc) is 3.30. The summed E-state index contributed by atoms with van der Waals surface area (Å²) in [4.78, 5) is 17.9. The quantitative estimate of drug-likeness (QED) is 0.280. The minimum atomic E-state index is -0.571. The average molecular weight is 509 g/mol. The van der Waals surface area contributed by atoms with Gasteiger partial charge in [-0.3, -0.25) is 0 Å². The maximum absolute atomic E-state index is 13.6. The Balaban J connectivity index is 0.948. The molecular weight excluding hydrogens is 479 g/mol. The van der Waals surface area contributed by atoms with Crippen molar-refractivity contribution < 1.29 is 23.4 Å². The van der Waals surface area contributed by atoms with Crippen LogP contribution in [0.4, 0.5) is 14.3 Å². The number of alkyl halides is 1. The van der Waals surface area contributed by atoms with Gasteiger partial charge in [0.05, 0.1) is 23.4 Å². The van der Waals surface area contributed by atoms with Crippen LogP contribution in [-0.4, -0.2) is 66.9 Å². The number of halogens is 1. The van der Waals surface area contributed by atoms with Crippen molar-refractivity contribution in [3.8, 4) is 0 Å². The van der Waals surface area contributed by atoms with Crippen LogP contribution in [0, 0.1) is 17.8 Å². The molecular formula is C23H29FN4O4S2. The molecule has 5 atom stereocenters. The molecule has 184 valence electrons. The fourth-order valence-electron chi connectivity index (χ4n) is 5.17. The van der Waals surface area contributed by atoms with E-state index in [1.165, 1.54) is 24.8 Å². The Morgan fingerprint density at radius 2 is 2.18 bits per heavy atom. The van der Waals surface area contributed by atoms with E-state index in [9.17, 15) is 9.18 Å². The molecule has 2 N–H and O–H groups in total. The van der Waals surface area contributed by atoms with Gasteiger partial charge in [-0.25, -0.2) is 18.5 Å². The molecule has 8 nitrogen and oxygen atoms in total. The summed E-state index contributed by atoms with van der Waals surface area (Å²) in [6.07, 6.45) is 3.37. The Morgan fingerprint density at radius 3 is 3.03 bits per heavy atom. The Hall–Kier alpha value is -1.66. The van der Waals surface area contributed by atoms with E-state index in [0.717, 1.165) is 26.7 Å². The molecule has 2 saturated carbocycles. The maximum Gasteiger partial charge on any atom is 0.407 e. The van der Waals surface area contributed by atoms with E-state index in [0.29, 0.717) is 44.7 Å². The van der Waals surface area contributed by atoms with Gasteiger partial charge in [-0.15, -0.1) is 0 Å². The third-order valence-electron chi connectivity index (χ3n) is 7.02. The van der Waals surface area contributed by atoms with E-state index in [1.807, 2.05) is 12.1 Å². The van der Waals surface area contributed by atoms with E-state index in [2.05, 4.69) is 21.7 Å². The zero-order valence-electron chi connectivity index (χ0n) is 18.8. The largest absolute Gasteiger partial charge is 0.445 e. The molecule has 2 aromatic rings. The Bertz CT molecular complexity index is 1040. The molecule has 4 fully saturated rings. The molecule has 2 saturated heterocycles. The number of hydrogen-bond acceptors (Lipinski definition) is 9. The molecule has 2 aliphatic heterocycles. The SMILES string of the molecule is O=C(NCCCN(CF)Sc1ccc2nc(NC3CC3)sc2c1)OC1C2COC3OCC1C3C2. The van der Waals surface area contributed by atoms with Crippen molar-refractivity contribution in [1.82, 2.24) is 14.6 Å². The normalized spacial score (nSPS) is 29.6. The van der Waals surface area contributed by atoms with Gasteiger partial charge >= 0.3 is 6.09 Å². The number of thiazole rings is 1. The van der Waals surface area contributed by atoms with Gasteiger partial charge in [-0.2, -0.15) is 0 Å². The van der Waals surface area contributed by atoms with Gasteiger partial charge in [0.15, 0.2) is 18.2 Å². The second-order valence-electron chi connectivity index (χ2n) is 9.49. The summed E-state index contributed by atoms with van der Waals surface area (Å²) in [7, 11) is 0. The predicted octanol–water partition coefficient (Wildman–Crippen LogP) is 4.23. The van der Waals surface area contributed by atoms with Crippen molar-refractivity contribution >= 4 is 44.7 Å². The van der Waals surface area contributed by atoms with Gasteiger partial charge in [0.25, 0.3) is 0 Å². The van der Waals surface area contributed by atoms with Crippen LogP contribution >= 0.6 is 23.3 Å². The molecule has 0 radical (unpaired) electrons. The zero-order chi connectivity index (χ0) is 23.1. The highest BCUT2D eigenvalue weighted by Gasteiger charge is 2.56. The van der Waals surface area contributed by atoms with Crippen molar-refractivity contribution in [1.29, 1.82) is 0 Å². The molecule has 5 unspecified atom stereocenters. The Labute approximate surface area is 206 Å². The van der Waals surface area contributed by atoms with Crippen LogP contribution in [0.15, 0.2) is 23.1 Å². The molecule has 1 aromatic carbocycles. The topological polar surface area (TPSA) is 85.0 Å². The summed E-state index contributed by atoms with van der Waals surface area (Å²) in [5, 5.41) is 7.21. The molecule has 0 spiro atoms. The molecule has 4 aliphatic rings. The van der Waals surface area contributed by atoms with Gasteiger partial charge in [-0.05, 0) is 55.8 Å². The fraction of sp³-hybridized carbons (Fsp3) is 0.652. The van der Waals surface area contributed by atoms with Crippen LogP contribution in [0.5, 0.6) is 0 Å². The second kappa shape index (κ2) is 9.77. The van der Waals surface area contributed by atoms with Crippen LogP contribution < -0.4 is 10.6 Å². The Kier molecular flexibility index (Phi) is 6.55. The number of alkyl carbamates (subject to hydrolysis) is 1. The van der Waals surface area contributed by atoms with E-state index >= 15 is 0 Å².